The summed E-state index contributed by atoms with van der Waals surface area (Å²) in [5.74, 6) is 1.63. The van der Waals surface area contributed by atoms with Crippen LogP contribution < -0.4 is 10.5 Å². The van der Waals surface area contributed by atoms with E-state index >= 15 is 0 Å². The molecule has 1 heterocycles. The van der Waals surface area contributed by atoms with E-state index in [0.717, 1.165) is 22.2 Å². The predicted molar refractivity (Wildman–Crippen MR) is 73.9 cm³/mol. The average Bonchev–Trinajstić information content (AvgIpc) is 2.81. The molecule has 5 heteroatoms. The average molecular weight is 263 g/mol. The molecule has 0 aliphatic heterocycles. The van der Waals surface area contributed by atoms with Gasteiger partial charge in [0, 0.05) is 31.2 Å². The van der Waals surface area contributed by atoms with Gasteiger partial charge in [-0.3, -0.25) is 0 Å². The smallest absolute Gasteiger partial charge is 0.167 e. The van der Waals surface area contributed by atoms with Crippen LogP contribution in [-0.4, -0.2) is 22.4 Å². The maximum Gasteiger partial charge on any atom is 0.167 e. The minimum absolute atomic E-state index is 0.0261. The van der Waals surface area contributed by atoms with Gasteiger partial charge in [0.25, 0.3) is 0 Å². The molecule has 18 heavy (non-hydrogen) atoms. The molecule has 0 bridgehead atoms. The number of imidazole rings is 1. The Bertz CT molecular complexity index is 512. The molecule has 0 aliphatic rings. The molecule has 0 spiro atoms. The van der Waals surface area contributed by atoms with Gasteiger partial charge in [0.2, 0.25) is 0 Å². The van der Waals surface area contributed by atoms with E-state index in [1.807, 2.05) is 42.1 Å². The van der Waals surface area contributed by atoms with Crippen molar-refractivity contribution in [3.05, 3.63) is 42.2 Å². The molecule has 1 aromatic carbocycles. The molecule has 0 aliphatic carbocycles. The van der Waals surface area contributed by atoms with Crippen LogP contribution in [0.5, 0.6) is 5.75 Å². The zero-order chi connectivity index (χ0) is 13.0. The zero-order valence-corrected chi connectivity index (χ0v) is 11.4. The Morgan fingerprint density at radius 2 is 2.33 bits per heavy atom. The van der Waals surface area contributed by atoms with Crippen molar-refractivity contribution in [1.82, 2.24) is 9.55 Å². The molecule has 0 saturated carbocycles. The molecule has 1 aromatic heterocycles. The third kappa shape index (κ3) is 3.05. The zero-order valence-electron chi connectivity index (χ0n) is 10.5. The van der Waals surface area contributed by atoms with E-state index in [1.54, 1.807) is 25.1 Å². The van der Waals surface area contributed by atoms with Crippen molar-refractivity contribution in [2.75, 3.05) is 12.9 Å². The third-order valence-electron chi connectivity index (χ3n) is 2.69. The largest absolute Gasteiger partial charge is 0.497 e. The Morgan fingerprint density at radius 3 is 3.00 bits per heavy atom. The number of ether oxygens (including phenoxy) is 1. The van der Waals surface area contributed by atoms with E-state index < -0.39 is 0 Å². The second kappa shape index (κ2) is 5.93. The first-order chi connectivity index (χ1) is 8.70. The number of rotatable bonds is 5. The van der Waals surface area contributed by atoms with E-state index in [0.29, 0.717) is 0 Å². The number of benzene rings is 1. The highest BCUT2D eigenvalue weighted by Crippen LogP contribution is 2.23. The van der Waals surface area contributed by atoms with Gasteiger partial charge in [-0.2, -0.15) is 0 Å². The van der Waals surface area contributed by atoms with Gasteiger partial charge in [-0.25, -0.2) is 4.98 Å². The summed E-state index contributed by atoms with van der Waals surface area (Å²) in [6.45, 7) is 0. The molecule has 0 fully saturated rings. The fraction of sp³-hybridized carbons (Fsp3) is 0.308. The quantitative estimate of drug-likeness (QED) is 0.840. The lowest BCUT2D eigenvalue weighted by Gasteiger charge is -2.12. The van der Waals surface area contributed by atoms with Crippen LogP contribution in [0.2, 0.25) is 0 Å². The first kappa shape index (κ1) is 13.0. The van der Waals surface area contributed by atoms with Crippen LogP contribution in [0.4, 0.5) is 0 Å². The number of nitrogens with zero attached hydrogens (tertiary/aromatic N) is 2. The number of thioether (sulfide) groups is 1. The van der Waals surface area contributed by atoms with Crippen molar-refractivity contribution < 1.29 is 4.74 Å². The van der Waals surface area contributed by atoms with Crippen molar-refractivity contribution in [3.8, 4) is 5.75 Å². The number of aryl methyl sites for hydroxylation is 1. The molecule has 0 amide bonds. The van der Waals surface area contributed by atoms with Crippen LogP contribution >= 0.6 is 11.8 Å². The van der Waals surface area contributed by atoms with Crippen LogP contribution in [0, 0.1) is 0 Å². The maximum absolute atomic E-state index is 6.17. The molecule has 96 valence electrons. The Labute approximate surface area is 111 Å². The second-order valence-corrected chi connectivity index (χ2v) is 5.00. The third-order valence-corrected chi connectivity index (χ3v) is 3.87. The van der Waals surface area contributed by atoms with Gasteiger partial charge in [0.05, 0.1) is 7.11 Å². The van der Waals surface area contributed by atoms with Gasteiger partial charge in [-0.05, 0) is 17.7 Å². The number of hydrogen-bond donors (Lipinski definition) is 1. The van der Waals surface area contributed by atoms with Crippen molar-refractivity contribution in [3.63, 3.8) is 0 Å². The molecule has 4 nitrogen and oxygen atoms in total. The lowest BCUT2D eigenvalue weighted by Crippen LogP contribution is -2.13. The summed E-state index contributed by atoms with van der Waals surface area (Å²) in [7, 11) is 3.64. The van der Waals surface area contributed by atoms with Crippen LogP contribution in [-0.2, 0) is 7.05 Å². The Morgan fingerprint density at radius 1 is 1.50 bits per heavy atom. The van der Waals surface area contributed by atoms with Gasteiger partial charge >= 0.3 is 0 Å². The van der Waals surface area contributed by atoms with Gasteiger partial charge in [0.15, 0.2) is 5.16 Å². The van der Waals surface area contributed by atoms with E-state index in [2.05, 4.69) is 4.98 Å². The first-order valence-electron chi connectivity index (χ1n) is 5.70. The molecule has 1 atom stereocenters. The molecule has 1 unspecified atom stereocenters. The lowest BCUT2D eigenvalue weighted by atomic mass is 10.1. The Balaban J connectivity index is 1.99. The van der Waals surface area contributed by atoms with Crippen LogP contribution in [0.3, 0.4) is 0 Å². The summed E-state index contributed by atoms with van der Waals surface area (Å²) in [6.07, 6.45) is 3.72. The first-order valence-corrected chi connectivity index (χ1v) is 6.69. The monoisotopic (exact) mass is 263 g/mol. The highest BCUT2D eigenvalue weighted by Gasteiger charge is 2.09. The molecule has 0 saturated heterocycles. The van der Waals surface area contributed by atoms with Gasteiger partial charge < -0.3 is 15.0 Å². The summed E-state index contributed by atoms with van der Waals surface area (Å²) in [6, 6.07) is 7.85. The highest BCUT2D eigenvalue weighted by molar-refractivity contribution is 7.99. The van der Waals surface area contributed by atoms with Gasteiger partial charge in [-0.15, -0.1) is 0 Å². The molecule has 2 aromatic rings. The predicted octanol–water partition coefficient (Wildman–Crippen LogP) is 2.22. The maximum atomic E-state index is 6.17. The van der Waals surface area contributed by atoms with E-state index in [1.165, 1.54) is 0 Å². The minimum atomic E-state index is -0.0261. The van der Waals surface area contributed by atoms with Crippen molar-refractivity contribution in [2.45, 2.75) is 11.2 Å². The van der Waals surface area contributed by atoms with Crippen LogP contribution in [0.15, 0.2) is 41.8 Å². The number of aromatic nitrogens is 2. The SMILES string of the molecule is COc1cccc(C(N)CSc2nccn2C)c1. The van der Waals surface area contributed by atoms with E-state index in [9.17, 15) is 0 Å². The van der Waals surface area contributed by atoms with Crippen molar-refractivity contribution in [1.29, 1.82) is 0 Å². The van der Waals surface area contributed by atoms with Crippen LogP contribution in [0.1, 0.15) is 11.6 Å². The number of nitrogens with two attached hydrogens (primary N) is 1. The fourth-order valence-corrected chi connectivity index (χ4v) is 2.54. The number of methoxy groups -OCH3 is 1. The lowest BCUT2D eigenvalue weighted by molar-refractivity contribution is 0.414. The Kier molecular flexibility index (Phi) is 4.28. The summed E-state index contributed by atoms with van der Waals surface area (Å²) < 4.78 is 7.18. The normalized spacial score (nSPS) is 12.4. The standard InChI is InChI=1S/C13H17N3OS/c1-16-7-6-15-13(16)18-9-12(14)10-4-3-5-11(8-10)17-2/h3-8,12H,9,14H2,1-2H3. The Hall–Kier alpha value is -1.46. The van der Waals surface area contributed by atoms with E-state index in [4.69, 9.17) is 10.5 Å². The number of hydrogen-bond acceptors (Lipinski definition) is 4. The molecular formula is C13H17N3OS. The molecule has 2 rings (SSSR count). The second-order valence-electron chi connectivity index (χ2n) is 4.01. The van der Waals surface area contributed by atoms with Crippen molar-refractivity contribution >= 4 is 11.8 Å². The van der Waals surface area contributed by atoms with E-state index in [-0.39, 0.29) is 6.04 Å². The fourth-order valence-electron chi connectivity index (χ4n) is 1.62. The van der Waals surface area contributed by atoms with Gasteiger partial charge in [-0.1, -0.05) is 23.9 Å². The minimum Gasteiger partial charge on any atom is -0.497 e. The highest BCUT2D eigenvalue weighted by atomic mass is 32.2. The summed E-state index contributed by atoms with van der Waals surface area (Å²) in [5.41, 5.74) is 7.25. The molecular weight excluding hydrogens is 246 g/mol. The summed E-state index contributed by atoms with van der Waals surface area (Å²) in [5, 5.41) is 0.980. The summed E-state index contributed by atoms with van der Waals surface area (Å²) >= 11 is 1.66. The summed E-state index contributed by atoms with van der Waals surface area (Å²) in [4.78, 5) is 4.26. The topological polar surface area (TPSA) is 53.1 Å². The molecule has 2 N–H and O–H groups in total. The van der Waals surface area contributed by atoms with Crippen LogP contribution in [0.25, 0.3) is 0 Å². The van der Waals surface area contributed by atoms with Gasteiger partial charge in [0.1, 0.15) is 5.75 Å². The van der Waals surface area contributed by atoms with Crippen molar-refractivity contribution in [2.24, 2.45) is 12.8 Å². The molecule has 0 radical (unpaired) electrons.